The Kier molecular flexibility index (Phi) is 6.53. The average molecular weight is 358 g/mol. The number of carbonyl (C=O) groups is 1. The molecule has 2 aromatic rings. The summed E-state index contributed by atoms with van der Waals surface area (Å²) in [5.41, 5.74) is 1.91. The van der Waals surface area contributed by atoms with Crippen LogP contribution in [0, 0.1) is 18.3 Å². The molecule has 0 aliphatic carbocycles. The number of tetrazole rings is 1. The fourth-order valence-electron chi connectivity index (χ4n) is 2.27. The molecule has 0 bridgehead atoms. The van der Waals surface area contributed by atoms with Gasteiger partial charge in [-0.3, -0.25) is 4.79 Å². The summed E-state index contributed by atoms with van der Waals surface area (Å²) in [7, 11) is 0. The zero-order valence-corrected chi connectivity index (χ0v) is 15.7. The molecule has 0 unspecified atom stereocenters. The van der Waals surface area contributed by atoms with E-state index in [1.54, 1.807) is 9.58 Å². The van der Waals surface area contributed by atoms with Gasteiger partial charge < -0.3 is 4.90 Å². The molecule has 0 spiro atoms. The Morgan fingerprint density at radius 2 is 2.00 bits per heavy atom. The number of carbonyl (C=O) groups excluding carboxylic acids is 1. The Bertz CT molecular complexity index is 749. The molecular weight excluding hydrogens is 336 g/mol. The van der Waals surface area contributed by atoms with E-state index in [9.17, 15) is 4.79 Å². The number of nitriles is 1. The molecule has 2 rings (SSSR count). The molecule has 8 heteroatoms. The van der Waals surface area contributed by atoms with Crippen molar-refractivity contribution in [2.45, 2.75) is 50.6 Å². The number of thioether (sulfide) groups is 1. The van der Waals surface area contributed by atoms with Gasteiger partial charge in [0, 0.05) is 12.2 Å². The second-order valence-corrected chi connectivity index (χ2v) is 7.30. The Hall–Kier alpha value is -2.40. The maximum atomic E-state index is 13.0. The third-order valence-electron chi connectivity index (χ3n) is 3.64. The maximum Gasteiger partial charge on any atom is 0.240 e. The number of benzene rings is 1. The number of amides is 1. The van der Waals surface area contributed by atoms with Crippen LogP contribution in [-0.4, -0.2) is 37.9 Å². The van der Waals surface area contributed by atoms with Crippen molar-refractivity contribution in [2.24, 2.45) is 0 Å². The molecule has 1 atom stereocenters. The maximum absolute atomic E-state index is 13.0. The van der Waals surface area contributed by atoms with E-state index in [4.69, 9.17) is 5.26 Å². The van der Waals surface area contributed by atoms with Gasteiger partial charge in [-0.25, -0.2) is 4.68 Å². The number of rotatable bonds is 7. The fourth-order valence-corrected chi connectivity index (χ4v) is 3.25. The predicted octanol–water partition coefficient (Wildman–Crippen LogP) is 2.99. The van der Waals surface area contributed by atoms with Crippen molar-refractivity contribution >= 4 is 23.4 Å². The quantitative estimate of drug-likeness (QED) is 0.707. The lowest BCUT2D eigenvalue weighted by molar-refractivity contribution is -0.117. The number of nitrogens with zero attached hydrogens (tertiary/aromatic N) is 6. The highest BCUT2D eigenvalue weighted by atomic mass is 32.2. The molecule has 0 saturated carbocycles. The molecule has 0 aliphatic heterocycles. The van der Waals surface area contributed by atoms with Crippen molar-refractivity contribution in [3.05, 3.63) is 29.8 Å². The monoisotopic (exact) mass is 358 g/mol. The van der Waals surface area contributed by atoms with Crippen LogP contribution in [0.15, 0.2) is 29.4 Å². The molecule has 7 nitrogen and oxygen atoms in total. The molecule has 25 heavy (non-hydrogen) atoms. The summed E-state index contributed by atoms with van der Waals surface area (Å²) in [5.74, 6) is -0.0672. The number of hydrogen-bond acceptors (Lipinski definition) is 6. The SMILES string of the molecule is Cc1ccc(N(CCC#N)C(=O)[C@@H](C)Sc2nnnn2C(C)C)cc1. The summed E-state index contributed by atoms with van der Waals surface area (Å²) in [6, 6.07) is 9.94. The Morgan fingerprint density at radius 3 is 2.60 bits per heavy atom. The lowest BCUT2D eigenvalue weighted by atomic mass is 10.2. The van der Waals surface area contributed by atoms with E-state index in [0.29, 0.717) is 11.7 Å². The third kappa shape index (κ3) is 4.79. The summed E-state index contributed by atoms with van der Waals surface area (Å²) in [6.07, 6.45) is 0.279. The van der Waals surface area contributed by atoms with Gasteiger partial charge in [0.2, 0.25) is 11.1 Å². The van der Waals surface area contributed by atoms with Gasteiger partial charge in [-0.15, -0.1) is 5.10 Å². The number of anilines is 1. The molecule has 1 aromatic carbocycles. The van der Waals surface area contributed by atoms with Crippen molar-refractivity contribution in [3.63, 3.8) is 0 Å². The van der Waals surface area contributed by atoms with E-state index >= 15 is 0 Å². The van der Waals surface area contributed by atoms with Gasteiger partial charge in [-0.1, -0.05) is 29.5 Å². The molecule has 0 N–H and O–H groups in total. The van der Waals surface area contributed by atoms with Gasteiger partial charge >= 0.3 is 0 Å². The first-order valence-electron chi connectivity index (χ1n) is 8.13. The average Bonchev–Trinajstić information content (AvgIpc) is 3.04. The molecule has 1 aromatic heterocycles. The van der Waals surface area contributed by atoms with E-state index in [1.165, 1.54) is 11.8 Å². The third-order valence-corrected chi connectivity index (χ3v) is 4.68. The largest absolute Gasteiger partial charge is 0.310 e. The molecule has 0 aliphatic rings. The smallest absolute Gasteiger partial charge is 0.240 e. The minimum absolute atomic E-state index is 0.0672. The fraction of sp³-hybridized carbons (Fsp3) is 0.471. The van der Waals surface area contributed by atoms with Crippen LogP contribution in [0.3, 0.4) is 0 Å². The van der Waals surface area contributed by atoms with Crippen LogP contribution in [-0.2, 0) is 4.79 Å². The molecule has 1 heterocycles. The van der Waals surface area contributed by atoms with Crippen molar-refractivity contribution in [2.75, 3.05) is 11.4 Å². The van der Waals surface area contributed by atoms with E-state index < -0.39 is 0 Å². The lowest BCUT2D eigenvalue weighted by Gasteiger charge is -2.25. The summed E-state index contributed by atoms with van der Waals surface area (Å²) >= 11 is 1.33. The van der Waals surface area contributed by atoms with Gasteiger partial charge in [0.25, 0.3) is 0 Å². The second-order valence-electron chi connectivity index (χ2n) is 5.99. The summed E-state index contributed by atoms with van der Waals surface area (Å²) in [5, 5.41) is 20.8. The van der Waals surface area contributed by atoms with Crippen molar-refractivity contribution < 1.29 is 4.79 Å². The molecule has 0 saturated heterocycles. The van der Waals surface area contributed by atoms with Gasteiger partial charge in [-0.2, -0.15) is 5.26 Å². The molecule has 132 valence electrons. The van der Waals surface area contributed by atoms with E-state index in [-0.39, 0.29) is 23.6 Å². The van der Waals surface area contributed by atoms with Gasteiger partial charge in [0.1, 0.15) is 0 Å². The zero-order chi connectivity index (χ0) is 18.4. The number of aromatic nitrogens is 4. The van der Waals surface area contributed by atoms with Crippen LogP contribution in [0.4, 0.5) is 5.69 Å². The Morgan fingerprint density at radius 1 is 1.32 bits per heavy atom. The van der Waals surface area contributed by atoms with Gasteiger partial charge in [-0.05, 0) is 50.3 Å². The second kappa shape index (κ2) is 8.62. The first kappa shape index (κ1) is 18.9. The predicted molar refractivity (Wildman–Crippen MR) is 97.3 cm³/mol. The topological polar surface area (TPSA) is 87.7 Å². The standard InChI is InChI=1S/C17H22N6OS/c1-12(2)23-17(19-20-21-23)25-14(4)16(24)22(11-5-10-18)15-8-6-13(3)7-9-15/h6-9,12,14H,5,11H2,1-4H3/t14-/m1/s1. The zero-order valence-electron chi connectivity index (χ0n) is 14.9. The summed E-state index contributed by atoms with van der Waals surface area (Å²) in [4.78, 5) is 14.6. The first-order chi connectivity index (χ1) is 11.9. The number of aryl methyl sites for hydroxylation is 1. The highest BCUT2D eigenvalue weighted by molar-refractivity contribution is 8.00. The van der Waals surface area contributed by atoms with Crippen LogP contribution >= 0.6 is 11.8 Å². The van der Waals surface area contributed by atoms with Gasteiger partial charge in [0.15, 0.2) is 0 Å². The van der Waals surface area contributed by atoms with E-state index in [1.807, 2.05) is 52.0 Å². The highest BCUT2D eigenvalue weighted by Crippen LogP contribution is 2.26. The van der Waals surface area contributed by atoms with Crippen LogP contribution in [0.5, 0.6) is 0 Å². The van der Waals surface area contributed by atoms with Crippen LogP contribution < -0.4 is 4.90 Å². The normalized spacial score (nSPS) is 12.0. The van der Waals surface area contributed by atoms with Crippen LogP contribution in [0.25, 0.3) is 0 Å². The van der Waals surface area contributed by atoms with Crippen molar-refractivity contribution in [1.82, 2.24) is 20.2 Å². The van der Waals surface area contributed by atoms with Crippen LogP contribution in [0.1, 0.15) is 38.8 Å². The van der Waals surface area contributed by atoms with Gasteiger partial charge in [0.05, 0.1) is 23.8 Å². The Labute approximate surface area is 152 Å². The lowest BCUT2D eigenvalue weighted by Crippen LogP contribution is -2.37. The molecule has 0 radical (unpaired) electrons. The molecular formula is C17H22N6OS. The van der Waals surface area contributed by atoms with Crippen LogP contribution in [0.2, 0.25) is 0 Å². The highest BCUT2D eigenvalue weighted by Gasteiger charge is 2.25. The van der Waals surface area contributed by atoms with Crippen molar-refractivity contribution in [1.29, 1.82) is 5.26 Å². The summed E-state index contributed by atoms with van der Waals surface area (Å²) < 4.78 is 1.69. The first-order valence-corrected chi connectivity index (χ1v) is 9.01. The van der Waals surface area contributed by atoms with E-state index in [2.05, 4.69) is 21.6 Å². The minimum atomic E-state index is -0.372. The van der Waals surface area contributed by atoms with E-state index in [0.717, 1.165) is 11.3 Å². The molecule has 0 fully saturated rings. The van der Waals surface area contributed by atoms with Crippen molar-refractivity contribution in [3.8, 4) is 6.07 Å². The number of hydrogen-bond donors (Lipinski definition) is 0. The molecule has 1 amide bonds. The summed E-state index contributed by atoms with van der Waals surface area (Å²) in [6.45, 7) is 8.16. The minimum Gasteiger partial charge on any atom is -0.310 e. The Balaban J connectivity index is 2.18.